The third-order valence-electron chi connectivity index (χ3n) is 2.08. The SMILES string of the molecule is C[C@H](N)[C@H](O)c1ccccc1C(F)(F)F. The van der Waals surface area contributed by atoms with E-state index in [2.05, 4.69) is 0 Å². The summed E-state index contributed by atoms with van der Waals surface area (Å²) in [6.07, 6.45) is -5.77. The Hall–Kier alpha value is -1.07. The third kappa shape index (κ3) is 2.70. The number of alkyl halides is 3. The lowest BCUT2D eigenvalue weighted by atomic mass is 9.98. The van der Waals surface area contributed by atoms with Gasteiger partial charge in [-0.1, -0.05) is 18.2 Å². The Labute approximate surface area is 85.5 Å². The highest BCUT2D eigenvalue weighted by molar-refractivity contribution is 5.32. The van der Waals surface area contributed by atoms with Crippen LogP contribution in [0.5, 0.6) is 0 Å². The standard InChI is InChI=1S/C10H12F3NO/c1-6(14)9(15)7-4-2-3-5-8(7)10(11,12)13/h2-6,9,15H,14H2,1H3/t6-,9-/m0/s1. The van der Waals surface area contributed by atoms with Crippen LogP contribution in [0, 0.1) is 0 Å². The first-order valence-corrected chi connectivity index (χ1v) is 4.44. The van der Waals surface area contributed by atoms with Gasteiger partial charge in [0.1, 0.15) is 0 Å². The maximum atomic E-state index is 12.5. The first-order chi connectivity index (χ1) is 6.84. The summed E-state index contributed by atoms with van der Waals surface area (Å²) in [5.74, 6) is 0. The second-order valence-electron chi connectivity index (χ2n) is 3.39. The summed E-state index contributed by atoms with van der Waals surface area (Å²) in [6, 6.07) is 4.14. The summed E-state index contributed by atoms with van der Waals surface area (Å²) in [4.78, 5) is 0. The van der Waals surface area contributed by atoms with Gasteiger partial charge >= 0.3 is 6.18 Å². The third-order valence-corrected chi connectivity index (χ3v) is 2.08. The molecule has 5 heteroatoms. The summed E-state index contributed by atoms with van der Waals surface area (Å²) in [5.41, 5.74) is 4.34. The molecule has 1 aromatic carbocycles. The molecule has 15 heavy (non-hydrogen) atoms. The molecule has 0 radical (unpaired) electrons. The predicted octanol–water partition coefficient (Wildman–Crippen LogP) is 2.09. The van der Waals surface area contributed by atoms with Crippen LogP contribution >= 0.6 is 0 Å². The average molecular weight is 219 g/mol. The number of halogens is 3. The van der Waals surface area contributed by atoms with Crippen molar-refractivity contribution in [1.82, 2.24) is 0 Å². The van der Waals surface area contributed by atoms with E-state index in [9.17, 15) is 18.3 Å². The summed E-state index contributed by atoms with van der Waals surface area (Å²) in [5, 5.41) is 9.52. The Bertz CT molecular complexity index is 336. The molecule has 0 saturated heterocycles. The molecule has 0 aliphatic rings. The van der Waals surface area contributed by atoms with Gasteiger partial charge in [-0.2, -0.15) is 13.2 Å². The van der Waals surface area contributed by atoms with Gasteiger partial charge in [-0.05, 0) is 18.6 Å². The van der Waals surface area contributed by atoms with Crippen molar-refractivity contribution in [2.24, 2.45) is 5.73 Å². The zero-order valence-corrected chi connectivity index (χ0v) is 8.12. The molecule has 2 atom stereocenters. The van der Waals surface area contributed by atoms with Crippen molar-refractivity contribution in [3.63, 3.8) is 0 Å². The Morgan fingerprint density at radius 3 is 2.27 bits per heavy atom. The molecule has 0 aromatic heterocycles. The number of nitrogens with two attached hydrogens (primary N) is 1. The molecule has 0 amide bonds. The van der Waals surface area contributed by atoms with E-state index in [0.29, 0.717) is 0 Å². The monoisotopic (exact) mass is 219 g/mol. The fraction of sp³-hybridized carbons (Fsp3) is 0.400. The van der Waals surface area contributed by atoms with Crippen molar-refractivity contribution < 1.29 is 18.3 Å². The minimum absolute atomic E-state index is 0.181. The number of hydrogen-bond acceptors (Lipinski definition) is 2. The summed E-state index contributed by atoms with van der Waals surface area (Å²) >= 11 is 0. The zero-order chi connectivity index (χ0) is 11.6. The quantitative estimate of drug-likeness (QED) is 0.800. The second kappa shape index (κ2) is 4.20. The Morgan fingerprint density at radius 2 is 1.80 bits per heavy atom. The van der Waals surface area contributed by atoms with Gasteiger partial charge < -0.3 is 10.8 Å². The van der Waals surface area contributed by atoms with Gasteiger partial charge in [0, 0.05) is 6.04 Å². The Balaban J connectivity index is 3.18. The van der Waals surface area contributed by atoms with Crippen molar-refractivity contribution in [3.8, 4) is 0 Å². The molecule has 0 aliphatic heterocycles. The van der Waals surface area contributed by atoms with Gasteiger partial charge in [-0.3, -0.25) is 0 Å². The molecule has 0 aliphatic carbocycles. The van der Waals surface area contributed by atoms with Gasteiger partial charge in [0.05, 0.1) is 11.7 Å². The molecule has 0 saturated carbocycles. The first-order valence-electron chi connectivity index (χ1n) is 4.44. The van der Waals surface area contributed by atoms with Crippen LogP contribution in [0.25, 0.3) is 0 Å². The van der Waals surface area contributed by atoms with Crippen LogP contribution in [0.15, 0.2) is 24.3 Å². The van der Waals surface area contributed by atoms with E-state index in [1.165, 1.54) is 25.1 Å². The van der Waals surface area contributed by atoms with Gasteiger partial charge in [-0.25, -0.2) is 0 Å². The largest absolute Gasteiger partial charge is 0.416 e. The molecule has 0 heterocycles. The summed E-state index contributed by atoms with van der Waals surface area (Å²) < 4.78 is 37.6. The smallest absolute Gasteiger partial charge is 0.387 e. The van der Waals surface area contributed by atoms with Crippen molar-refractivity contribution in [2.45, 2.75) is 25.2 Å². The van der Waals surface area contributed by atoms with Gasteiger partial charge in [0.2, 0.25) is 0 Å². The minimum atomic E-state index is -4.47. The summed E-state index contributed by atoms with van der Waals surface area (Å²) in [7, 11) is 0. The molecule has 84 valence electrons. The topological polar surface area (TPSA) is 46.2 Å². The molecular formula is C10H12F3NO. The zero-order valence-electron chi connectivity index (χ0n) is 8.12. The molecule has 1 aromatic rings. The fourth-order valence-corrected chi connectivity index (χ4v) is 1.30. The van der Waals surface area contributed by atoms with Crippen LogP contribution in [-0.4, -0.2) is 11.1 Å². The highest BCUT2D eigenvalue weighted by Crippen LogP contribution is 2.34. The average Bonchev–Trinajstić information content (AvgIpc) is 2.15. The lowest BCUT2D eigenvalue weighted by molar-refractivity contribution is -0.139. The van der Waals surface area contributed by atoms with E-state index < -0.39 is 23.9 Å². The molecular weight excluding hydrogens is 207 g/mol. The van der Waals surface area contributed by atoms with Crippen LogP contribution in [0.3, 0.4) is 0 Å². The van der Waals surface area contributed by atoms with Crippen LogP contribution in [0.2, 0.25) is 0 Å². The van der Waals surface area contributed by atoms with E-state index in [1.54, 1.807) is 0 Å². The highest BCUT2D eigenvalue weighted by atomic mass is 19.4. The minimum Gasteiger partial charge on any atom is -0.387 e. The molecule has 3 N–H and O–H groups in total. The number of rotatable bonds is 2. The van der Waals surface area contributed by atoms with E-state index in [-0.39, 0.29) is 5.56 Å². The van der Waals surface area contributed by atoms with Crippen molar-refractivity contribution in [1.29, 1.82) is 0 Å². The number of hydrogen-bond donors (Lipinski definition) is 2. The van der Waals surface area contributed by atoms with Crippen LogP contribution in [-0.2, 0) is 6.18 Å². The van der Waals surface area contributed by atoms with E-state index in [0.717, 1.165) is 6.07 Å². The number of benzene rings is 1. The van der Waals surface area contributed by atoms with Crippen LogP contribution in [0.1, 0.15) is 24.2 Å². The first kappa shape index (κ1) is 12.0. The second-order valence-corrected chi connectivity index (χ2v) is 3.39. The van der Waals surface area contributed by atoms with Crippen LogP contribution < -0.4 is 5.73 Å². The lowest BCUT2D eigenvalue weighted by Crippen LogP contribution is -2.26. The fourth-order valence-electron chi connectivity index (χ4n) is 1.30. The lowest BCUT2D eigenvalue weighted by Gasteiger charge is -2.19. The van der Waals surface area contributed by atoms with Gasteiger partial charge in [-0.15, -0.1) is 0 Å². The highest BCUT2D eigenvalue weighted by Gasteiger charge is 2.35. The van der Waals surface area contributed by atoms with Crippen LogP contribution in [0.4, 0.5) is 13.2 Å². The molecule has 0 spiro atoms. The number of aliphatic hydroxyl groups is 1. The van der Waals surface area contributed by atoms with Crippen molar-refractivity contribution >= 4 is 0 Å². The Kier molecular flexibility index (Phi) is 3.36. The molecule has 0 fully saturated rings. The van der Waals surface area contributed by atoms with E-state index in [1.807, 2.05) is 0 Å². The maximum Gasteiger partial charge on any atom is 0.416 e. The summed E-state index contributed by atoms with van der Waals surface area (Å²) in [6.45, 7) is 1.46. The molecule has 1 rings (SSSR count). The van der Waals surface area contributed by atoms with E-state index in [4.69, 9.17) is 5.73 Å². The molecule has 0 unspecified atom stereocenters. The van der Waals surface area contributed by atoms with E-state index >= 15 is 0 Å². The predicted molar refractivity (Wildman–Crippen MR) is 50.1 cm³/mol. The normalized spacial score (nSPS) is 16.1. The van der Waals surface area contributed by atoms with Gasteiger partial charge in [0.25, 0.3) is 0 Å². The maximum absolute atomic E-state index is 12.5. The molecule has 2 nitrogen and oxygen atoms in total. The number of aliphatic hydroxyl groups excluding tert-OH is 1. The Morgan fingerprint density at radius 1 is 1.27 bits per heavy atom. The van der Waals surface area contributed by atoms with Gasteiger partial charge in [0.15, 0.2) is 0 Å². The van der Waals surface area contributed by atoms with Crippen molar-refractivity contribution in [2.75, 3.05) is 0 Å². The molecule has 0 bridgehead atoms. The van der Waals surface area contributed by atoms with Crippen molar-refractivity contribution in [3.05, 3.63) is 35.4 Å².